The van der Waals surface area contributed by atoms with Gasteiger partial charge in [-0.1, -0.05) is 17.7 Å². The number of nitrogens with one attached hydrogen (secondary N) is 2. The molecule has 3 aromatic heterocycles. The van der Waals surface area contributed by atoms with Gasteiger partial charge in [0, 0.05) is 23.8 Å². The van der Waals surface area contributed by atoms with Crippen molar-refractivity contribution in [3.8, 4) is 5.69 Å². The number of halogens is 1. The molecule has 0 radical (unpaired) electrons. The Morgan fingerprint density at radius 2 is 1.75 bits per heavy atom. The van der Waals surface area contributed by atoms with E-state index in [1.165, 1.54) is 0 Å². The molecular weight excluding hydrogens is 376 g/mol. The van der Waals surface area contributed by atoms with E-state index in [1.807, 2.05) is 31.2 Å². The lowest BCUT2D eigenvalue weighted by Crippen LogP contribution is -2.22. The van der Waals surface area contributed by atoms with Crippen molar-refractivity contribution >= 4 is 23.2 Å². The smallest absolute Gasteiger partial charge is 0.258 e. The third-order valence-electron chi connectivity index (χ3n) is 4.92. The number of pyridine rings is 2. The van der Waals surface area contributed by atoms with Crippen LogP contribution >= 0.6 is 11.6 Å². The summed E-state index contributed by atoms with van der Waals surface area (Å²) in [4.78, 5) is 25.0. The van der Waals surface area contributed by atoms with Gasteiger partial charge in [0.05, 0.1) is 24.3 Å². The average Bonchev–Trinajstić information content (AvgIpc) is 3.13. The Morgan fingerprint density at radius 1 is 1.00 bits per heavy atom. The second kappa shape index (κ2) is 7.98. The first-order chi connectivity index (χ1) is 13.6. The molecule has 1 aliphatic rings. The molecule has 4 rings (SSSR count). The summed E-state index contributed by atoms with van der Waals surface area (Å²) in [5, 5.41) is 7.26. The Balaban J connectivity index is 1.37. The lowest BCUT2D eigenvalue weighted by Gasteiger charge is -2.16. The van der Waals surface area contributed by atoms with Crippen LogP contribution in [0.25, 0.3) is 5.69 Å². The molecule has 0 spiro atoms. The molecule has 8 heteroatoms. The molecule has 1 saturated carbocycles. The molecule has 1 aliphatic carbocycles. The predicted octanol–water partition coefficient (Wildman–Crippen LogP) is 3.43. The standard InChI is InChI=1S/C20H21ClN6O/c1-13-3-2-8-27(20(13)28)16-6-7-18(23-10-16)25-14-4-5-15(9-14)26-19-12-22-17(21)11-24-19/h2-3,6-8,10-12,14-15H,4-5,9H2,1H3,(H,23,25)(H,24,26)/t14-,15-/m0/s1. The van der Waals surface area contributed by atoms with Gasteiger partial charge < -0.3 is 10.6 Å². The molecule has 0 aromatic carbocycles. The minimum Gasteiger partial charge on any atom is -0.367 e. The van der Waals surface area contributed by atoms with Crippen molar-refractivity contribution in [3.63, 3.8) is 0 Å². The number of aromatic nitrogens is 4. The second-order valence-electron chi connectivity index (χ2n) is 6.99. The number of aryl methyl sites for hydroxylation is 1. The van der Waals surface area contributed by atoms with E-state index in [4.69, 9.17) is 11.6 Å². The Labute approximate surface area is 167 Å². The van der Waals surface area contributed by atoms with Crippen LogP contribution in [0.2, 0.25) is 5.15 Å². The van der Waals surface area contributed by atoms with Crippen LogP contribution in [0, 0.1) is 6.92 Å². The molecular formula is C20H21ClN6O. The van der Waals surface area contributed by atoms with Gasteiger partial charge in [-0.3, -0.25) is 9.36 Å². The third kappa shape index (κ3) is 4.14. The maximum atomic E-state index is 12.2. The molecule has 0 aliphatic heterocycles. The van der Waals surface area contributed by atoms with Gasteiger partial charge >= 0.3 is 0 Å². The highest BCUT2D eigenvalue weighted by atomic mass is 35.5. The van der Waals surface area contributed by atoms with Crippen molar-refractivity contribution in [1.82, 2.24) is 19.5 Å². The van der Waals surface area contributed by atoms with Crippen LogP contribution in [0.5, 0.6) is 0 Å². The Kier molecular flexibility index (Phi) is 5.25. The van der Waals surface area contributed by atoms with Crippen LogP contribution in [-0.4, -0.2) is 31.6 Å². The van der Waals surface area contributed by atoms with Crippen molar-refractivity contribution in [2.75, 3.05) is 10.6 Å². The molecule has 0 amide bonds. The first-order valence-electron chi connectivity index (χ1n) is 9.24. The van der Waals surface area contributed by atoms with Gasteiger partial charge in [0.25, 0.3) is 5.56 Å². The Bertz CT molecular complexity index is 1000. The number of hydrogen-bond donors (Lipinski definition) is 2. The zero-order valence-electron chi connectivity index (χ0n) is 15.5. The van der Waals surface area contributed by atoms with E-state index in [1.54, 1.807) is 29.4 Å². The summed E-state index contributed by atoms with van der Waals surface area (Å²) in [6.07, 6.45) is 9.71. The van der Waals surface area contributed by atoms with E-state index in [-0.39, 0.29) is 5.56 Å². The van der Waals surface area contributed by atoms with Crippen molar-refractivity contribution in [3.05, 3.63) is 70.1 Å². The van der Waals surface area contributed by atoms with E-state index in [0.717, 1.165) is 36.6 Å². The van der Waals surface area contributed by atoms with E-state index >= 15 is 0 Å². The third-order valence-corrected chi connectivity index (χ3v) is 5.12. The molecule has 2 atom stereocenters. The van der Waals surface area contributed by atoms with E-state index in [0.29, 0.717) is 22.8 Å². The van der Waals surface area contributed by atoms with Crippen molar-refractivity contribution in [2.24, 2.45) is 0 Å². The highest BCUT2D eigenvalue weighted by Gasteiger charge is 2.25. The van der Waals surface area contributed by atoms with Crippen LogP contribution < -0.4 is 16.2 Å². The van der Waals surface area contributed by atoms with Crippen LogP contribution in [0.15, 0.2) is 53.8 Å². The molecule has 1 fully saturated rings. The van der Waals surface area contributed by atoms with Gasteiger partial charge in [-0.05, 0) is 44.4 Å². The summed E-state index contributed by atoms with van der Waals surface area (Å²) >= 11 is 5.77. The van der Waals surface area contributed by atoms with E-state index in [9.17, 15) is 4.79 Å². The van der Waals surface area contributed by atoms with E-state index in [2.05, 4.69) is 25.6 Å². The minimum absolute atomic E-state index is 0.0278. The largest absolute Gasteiger partial charge is 0.367 e. The zero-order chi connectivity index (χ0) is 19.5. The summed E-state index contributed by atoms with van der Waals surface area (Å²) in [6, 6.07) is 8.15. The van der Waals surface area contributed by atoms with Gasteiger partial charge in [-0.2, -0.15) is 0 Å². The quantitative estimate of drug-likeness (QED) is 0.687. The fourth-order valence-corrected chi connectivity index (χ4v) is 3.57. The summed E-state index contributed by atoms with van der Waals surface area (Å²) in [6.45, 7) is 1.81. The lowest BCUT2D eigenvalue weighted by atomic mass is 10.2. The number of rotatable bonds is 5. The molecule has 0 bridgehead atoms. The second-order valence-corrected chi connectivity index (χ2v) is 7.38. The van der Waals surface area contributed by atoms with Crippen LogP contribution in [-0.2, 0) is 0 Å². The maximum Gasteiger partial charge on any atom is 0.258 e. The molecule has 7 nitrogen and oxygen atoms in total. The first-order valence-corrected chi connectivity index (χ1v) is 9.61. The van der Waals surface area contributed by atoms with Gasteiger partial charge in [0.1, 0.15) is 16.8 Å². The summed E-state index contributed by atoms with van der Waals surface area (Å²) in [7, 11) is 0. The van der Waals surface area contributed by atoms with Gasteiger partial charge in [-0.25, -0.2) is 15.0 Å². The van der Waals surface area contributed by atoms with Crippen LogP contribution in [0.4, 0.5) is 11.6 Å². The van der Waals surface area contributed by atoms with Crippen LogP contribution in [0.1, 0.15) is 24.8 Å². The fraction of sp³-hybridized carbons (Fsp3) is 0.300. The summed E-state index contributed by atoms with van der Waals surface area (Å²) < 4.78 is 1.61. The number of anilines is 2. The minimum atomic E-state index is -0.0278. The summed E-state index contributed by atoms with van der Waals surface area (Å²) in [5.74, 6) is 1.54. The molecule has 0 unspecified atom stereocenters. The number of hydrogen-bond acceptors (Lipinski definition) is 6. The lowest BCUT2D eigenvalue weighted by molar-refractivity contribution is 0.719. The first kappa shape index (κ1) is 18.4. The normalized spacial score (nSPS) is 18.8. The van der Waals surface area contributed by atoms with E-state index < -0.39 is 0 Å². The predicted molar refractivity (Wildman–Crippen MR) is 110 cm³/mol. The molecule has 3 aromatic rings. The van der Waals surface area contributed by atoms with Gasteiger partial charge in [-0.15, -0.1) is 0 Å². The maximum absolute atomic E-state index is 12.2. The van der Waals surface area contributed by atoms with Crippen molar-refractivity contribution < 1.29 is 0 Å². The Morgan fingerprint density at radius 3 is 2.43 bits per heavy atom. The highest BCUT2D eigenvalue weighted by molar-refractivity contribution is 6.29. The van der Waals surface area contributed by atoms with Gasteiger partial charge in [0.15, 0.2) is 0 Å². The molecule has 3 heterocycles. The highest BCUT2D eigenvalue weighted by Crippen LogP contribution is 2.25. The molecule has 0 saturated heterocycles. The monoisotopic (exact) mass is 396 g/mol. The average molecular weight is 397 g/mol. The Hall–Kier alpha value is -2.93. The van der Waals surface area contributed by atoms with Crippen molar-refractivity contribution in [2.45, 2.75) is 38.3 Å². The molecule has 28 heavy (non-hydrogen) atoms. The topological polar surface area (TPSA) is 84.7 Å². The fourth-order valence-electron chi connectivity index (χ4n) is 3.47. The van der Waals surface area contributed by atoms with Gasteiger partial charge in [0.2, 0.25) is 0 Å². The summed E-state index contributed by atoms with van der Waals surface area (Å²) in [5.41, 5.74) is 1.44. The SMILES string of the molecule is Cc1cccn(-c2ccc(N[C@H]3CC[C@H](Nc4cnc(Cl)cn4)C3)nc2)c1=O. The molecule has 144 valence electrons. The zero-order valence-corrected chi connectivity index (χ0v) is 16.2. The molecule has 2 N–H and O–H groups in total. The number of nitrogens with zero attached hydrogens (tertiary/aromatic N) is 4. The van der Waals surface area contributed by atoms with Crippen molar-refractivity contribution in [1.29, 1.82) is 0 Å². The van der Waals surface area contributed by atoms with Crippen LogP contribution in [0.3, 0.4) is 0 Å².